The van der Waals surface area contributed by atoms with Crippen LogP contribution in [-0.4, -0.2) is 4.98 Å². The van der Waals surface area contributed by atoms with Crippen molar-refractivity contribution in [2.24, 2.45) is 0 Å². The fraction of sp³-hybridized carbons (Fsp3) is 0. The molecule has 0 radical (unpaired) electrons. The van der Waals surface area contributed by atoms with Crippen LogP contribution in [0.4, 0.5) is 0 Å². The Labute approximate surface area is 114 Å². The summed E-state index contributed by atoms with van der Waals surface area (Å²) in [4.78, 5) is 4.72. The Balaban J connectivity index is 2.10. The van der Waals surface area contributed by atoms with Gasteiger partial charge in [0.15, 0.2) is 5.76 Å². The predicted molar refractivity (Wildman–Crippen MR) is 79.3 cm³/mol. The van der Waals surface area contributed by atoms with E-state index in [0.29, 0.717) is 0 Å². The molecule has 92 valence electrons. The number of para-hydroxylation sites is 1. The lowest BCUT2D eigenvalue weighted by Gasteiger charge is -1.99. The van der Waals surface area contributed by atoms with Crippen molar-refractivity contribution in [2.45, 2.75) is 0 Å². The molecule has 1 aromatic carbocycles. The monoisotopic (exact) mass is 265 g/mol. The van der Waals surface area contributed by atoms with Crippen molar-refractivity contribution >= 4 is 22.2 Å². The number of thiophene rings is 1. The Bertz CT molecular complexity index is 810. The molecule has 0 saturated carbocycles. The molecule has 0 aliphatic carbocycles. The Morgan fingerprint density at radius 1 is 0.947 bits per heavy atom. The molecule has 4 aromatic rings. The first-order valence-corrected chi connectivity index (χ1v) is 7.00. The van der Waals surface area contributed by atoms with Crippen LogP contribution in [0.15, 0.2) is 64.6 Å². The van der Waals surface area contributed by atoms with Crippen LogP contribution in [-0.2, 0) is 0 Å². The van der Waals surface area contributed by atoms with Crippen molar-refractivity contribution in [3.63, 3.8) is 0 Å². The molecule has 3 heterocycles. The van der Waals surface area contributed by atoms with Gasteiger partial charge >= 0.3 is 0 Å². The molecular weight excluding hydrogens is 254 g/mol. The van der Waals surface area contributed by atoms with E-state index in [1.54, 1.807) is 17.6 Å². The third kappa shape index (κ3) is 1.63. The first kappa shape index (κ1) is 10.6. The van der Waals surface area contributed by atoms with E-state index in [-0.39, 0.29) is 0 Å². The zero-order chi connectivity index (χ0) is 12.7. The summed E-state index contributed by atoms with van der Waals surface area (Å²) in [6, 6.07) is 16.5. The van der Waals surface area contributed by atoms with E-state index in [1.807, 2.05) is 18.2 Å². The molecule has 3 heteroatoms. The predicted octanol–water partition coefficient (Wildman–Crippen LogP) is 5.16. The molecule has 2 nitrogen and oxygen atoms in total. The van der Waals surface area contributed by atoms with Crippen LogP contribution in [0.2, 0.25) is 0 Å². The Morgan fingerprint density at radius 3 is 2.68 bits per heavy atom. The van der Waals surface area contributed by atoms with Crippen molar-refractivity contribution in [3.05, 3.63) is 60.2 Å². The zero-order valence-corrected chi connectivity index (χ0v) is 10.9. The van der Waals surface area contributed by atoms with Gasteiger partial charge in [-0.3, -0.25) is 0 Å². The average Bonchev–Trinajstić information content (AvgIpc) is 3.17. The van der Waals surface area contributed by atoms with Crippen LogP contribution in [0.25, 0.3) is 32.8 Å². The highest BCUT2D eigenvalue weighted by molar-refractivity contribution is 7.13. The van der Waals surface area contributed by atoms with E-state index in [0.717, 1.165) is 17.0 Å². The maximum absolute atomic E-state index is 5.56. The van der Waals surface area contributed by atoms with Gasteiger partial charge in [0.05, 0.1) is 12.0 Å². The van der Waals surface area contributed by atoms with Gasteiger partial charge in [-0.25, -0.2) is 0 Å². The average molecular weight is 265 g/mol. The van der Waals surface area contributed by atoms with Crippen LogP contribution in [0, 0.1) is 0 Å². The largest absolute Gasteiger partial charge is 0.463 e. The molecule has 0 amide bonds. The van der Waals surface area contributed by atoms with E-state index in [1.165, 1.54) is 15.8 Å². The Hall–Kier alpha value is -2.26. The fourth-order valence-electron chi connectivity index (χ4n) is 2.42. The highest BCUT2D eigenvalue weighted by Crippen LogP contribution is 2.40. The van der Waals surface area contributed by atoms with Crippen LogP contribution in [0.5, 0.6) is 0 Å². The van der Waals surface area contributed by atoms with Gasteiger partial charge in [-0.05, 0) is 29.6 Å². The first-order valence-electron chi connectivity index (χ1n) is 6.12. The lowest BCUT2D eigenvalue weighted by Crippen LogP contribution is -1.76. The minimum absolute atomic E-state index is 0.875. The van der Waals surface area contributed by atoms with Gasteiger partial charge in [-0.2, -0.15) is 0 Å². The van der Waals surface area contributed by atoms with E-state index >= 15 is 0 Å². The van der Waals surface area contributed by atoms with Crippen molar-refractivity contribution in [1.29, 1.82) is 0 Å². The highest BCUT2D eigenvalue weighted by atomic mass is 32.1. The maximum Gasteiger partial charge on any atom is 0.150 e. The van der Waals surface area contributed by atoms with E-state index in [9.17, 15) is 0 Å². The molecule has 0 aliphatic rings. The molecule has 0 fully saturated rings. The number of H-pyrrole nitrogens is 1. The summed E-state index contributed by atoms with van der Waals surface area (Å²) < 4.78 is 5.56. The number of benzene rings is 1. The molecule has 0 atom stereocenters. The second-order valence-electron chi connectivity index (χ2n) is 4.38. The quantitative estimate of drug-likeness (QED) is 0.533. The SMILES string of the molecule is c1coc(-c2[nH]c3ccccc3c2-c2cccs2)c1. The topological polar surface area (TPSA) is 28.9 Å². The smallest absolute Gasteiger partial charge is 0.150 e. The van der Waals surface area contributed by atoms with Gasteiger partial charge < -0.3 is 9.40 Å². The van der Waals surface area contributed by atoms with Gasteiger partial charge in [-0.1, -0.05) is 24.3 Å². The van der Waals surface area contributed by atoms with Crippen LogP contribution in [0.1, 0.15) is 0 Å². The van der Waals surface area contributed by atoms with Gasteiger partial charge in [-0.15, -0.1) is 11.3 Å². The van der Waals surface area contributed by atoms with Crippen molar-refractivity contribution in [2.75, 3.05) is 0 Å². The second kappa shape index (κ2) is 4.14. The van der Waals surface area contributed by atoms with Gasteiger partial charge in [0, 0.05) is 21.3 Å². The lowest BCUT2D eigenvalue weighted by atomic mass is 10.1. The molecule has 4 rings (SSSR count). The number of nitrogens with one attached hydrogen (secondary N) is 1. The minimum Gasteiger partial charge on any atom is -0.463 e. The molecular formula is C16H11NOS. The number of hydrogen-bond acceptors (Lipinski definition) is 2. The molecule has 0 aliphatic heterocycles. The van der Waals surface area contributed by atoms with Crippen molar-refractivity contribution < 1.29 is 4.42 Å². The summed E-state index contributed by atoms with van der Waals surface area (Å²) in [6.45, 7) is 0. The highest BCUT2D eigenvalue weighted by Gasteiger charge is 2.16. The Morgan fingerprint density at radius 2 is 1.89 bits per heavy atom. The van der Waals surface area contributed by atoms with Gasteiger partial charge in [0.2, 0.25) is 0 Å². The summed E-state index contributed by atoms with van der Waals surface area (Å²) in [7, 11) is 0. The number of rotatable bonds is 2. The number of aromatic nitrogens is 1. The molecule has 0 saturated heterocycles. The number of fused-ring (bicyclic) bond motifs is 1. The standard InChI is InChI=1S/C16H11NOS/c1-2-6-12-11(5-1)15(14-8-4-10-19-14)16(17-12)13-7-3-9-18-13/h1-10,17H. The van der Waals surface area contributed by atoms with Gasteiger partial charge in [0.25, 0.3) is 0 Å². The van der Waals surface area contributed by atoms with E-state index in [2.05, 4.69) is 40.7 Å². The van der Waals surface area contributed by atoms with Crippen LogP contribution >= 0.6 is 11.3 Å². The lowest BCUT2D eigenvalue weighted by molar-refractivity contribution is 0.581. The number of hydrogen-bond donors (Lipinski definition) is 1. The summed E-state index contributed by atoms with van der Waals surface area (Å²) in [6.07, 6.45) is 1.71. The molecule has 1 N–H and O–H groups in total. The summed E-state index contributed by atoms with van der Waals surface area (Å²) >= 11 is 1.75. The molecule has 19 heavy (non-hydrogen) atoms. The molecule has 0 spiro atoms. The van der Waals surface area contributed by atoms with Crippen LogP contribution in [0.3, 0.4) is 0 Å². The van der Waals surface area contributed by atoms with E-state index < -0.39 is 0 Å². The Kier molecular flexibility index (Phi) is 2.32. The van der Waals surface area contributed by atoms with Crippen molar-refractivity contribution in [1.82, 2.24) is 4.98 Å². The fourth-order valence-corrected chi connectivity index (χ4v) is 3.22. The summed E-state index contributed by atoms with van der Waals surface area (Å²) in [5, 5.41) is 3.33. The number of aromatic amines is 1. The van der Waals surface area contributed by atoms with Crippen molar-refractivity contribution in [3.8, 4) is 21.9 Å². The molecule has 0 unspecified atom stereocenters. The molecule has 3 aromatic heterocycles. The molecule has 0 bridgehead atoms. The van der Waals surface area contributed by atoms with Crippen LogP contribution < -0.4 is 0 Å². The summed E-state index contributed by atoms with van der Waals surface area (Å²) in [5.74, 6) is 0.875. The second-order valence-corrected chi connectivity index (χ2v) is 5.32. The zero-order valence-electron chi connectivity index (χ0n) is 10.1. The first-order chi connectivity index (χ1) is 9.43. The van der Waals surface area contributed by atoms with E-state index in [4.69, 9.17) is 4.42 Å². The normalized spacial score (nSPS) is 11.2. The summed E-state index contributed by atoms with van der Waals surface area (Å²) in [5.41, 5.74) is 3.41. The third-order valence-electron chi connectivity index (χ3n) is 3.24. The maximum atomic E-state index is 5.56. The third-order valence-corrected chi connectivity index (χ3v) is 4.13. The number of furan rings is 1. The van der Waals surface area contributed by atoms with Gasteiger partial charge in [0.1, 0.15) is 0 Å². The minimum atomic E-state index is 0.875.